The Balaban J connectivity index is 0.00000119. The second-order valence-electron chi connectivity index (χ2n) is 8.97. The Bertz CT molecular complexity index is 1040. The van der Waals surface area contributed by atoms with Gasteiger partial charge in [-0.25, -0.2) is 9.37 Å². The van der Waals surface area contributed by atoms with E-state index in [-0.39, 0.29) is 5.82 Å². The number of pyridine rings is 1. The topological polar surface area (TPSA) is 52.2 Å². The zero-order valence-electron chi connectivity index (χ0n) is 19.8. The monoisotopic (exact) mass is 437 g/mol. The Morgan fingerprint density at radius 2 is 2.00 bits per heavy atom. The SMILES string of the molecule is CC.CNC1=CC=C(c2cc(N3CCC4(CCCNC4)C3)c3cc(F)c(C)cc3n2)CN1. The molecule has 4 heterocycles. The van der Waals surface area contributed by atoms with Gasteiger partial charge in [-0.2, -0.15) is 0 Å². The maximum atomic E-state index is 14.5. The van der Waals surface area contributed by atoms with Crippen molar-refractivity contribution in [3.05, 3.63) is 53.2 Å². The van der Waals surface area contributed by atoms with Crippen LogP contribution >= 0.6 is 0 Å². The van der Waals surface area contributed by atoms with E-state index >= 15 is 0 Å². The standard InChI is InChI=1S/C24H30FN5.C2H6/c1-16-10-21-18(11-19(16)25)22(30-9-7-24(15-30)6-3-8-27-14-24)12-20(29-21)17-4-5-23(26-2)28-13-17;1-2/h4-5,10-12,26-28H,3,6-9,13-15H2,1-2H3;1-2H3. The molecule has 5 rings (SSSR count). The number of anilines is 1. The lowest BCUT2D eigenvalue weighted by Crippen LogP contribution is -2.41. The maximum Gasteiger partial charge on any atom is 0.126 e. The molecule has 5 nitrogen and oxygen atoms in total. The number of hydrogen-bond acceptors (Lipinski definition) is 5. The number of aromatic nitrogens is 1. The molecule has 172 valence electrons. The second kappa shape index (κ2) is 9.49. The molecule has 2 fully saturated rings. The number of nitrogens with zero attached hydrogens (tertiary/aromatic N) is 2. The largest absolute Gasteiger partial charge is 0.375 e. The molecule has 0 saturated carbocycles. The minimum atomic E-state index is -0.160. The first-order valence-electron chi connectivity index (χ1n) is 12.0. The fourth-order valence-corrected chi connectivity index (χ4v) is 5.12. The molecule has 0 amide bonds. The molecule has 1 spiro atoms. The highest BCUT2D eigenvalue weighted by Gasteiger charge is 2.39. The van der Waals surface area contributed by atoms with Gasteiger partial charge in [0.1, 0.15) is 5.82 Å². The van der Waals surface area contributed by atoms with E-state index in [2.05, 4.69) is 33.0 Å². The maximum absolute atomic E-state index is 14.5. The number of hydrogen-bond donors (Lipinski definition) is 3. The van der Waals surface area contributed by atoms with Crippen LogP contribution in [0.1, 0.15) is 44.4 Å². The van der Waals surface area contributed by atoms with Gasteiger partial charge in [-0.1, -0.05) is 19.9 Å². The quantitative estimate of drug-likeness (QED) is 0.667. The van der Waals surface area contributed by atoms with Crippen molar-refractivity contribution in [1.82, 2.24) is 20.9 Å². The van der Waals surface area contributed by atoms with Crippen LogP contribution in [-0.2, 0) is 0 Å². The average molecular weight is 438 g/mol. The van der Waals surface area contributed by atoms with Crippen LogP contribution in [0.4, 0.5) is 10.1 Å². The third-order valence-electron chi connectivity index (χ3n) is 6.93. The minimum absolute atomic E-state index is 0.160. The highest BCUT2D eigenvalue weighted by atomic mass is 19.1. The molecule has 1 aromatic carbocycles. The van der Waals surface area contributed by atoms with Crippen LogP contribution in [0, 0.1) is 18.2 Å². The first-order chi connectivity index (χ1) is 15.6. The van der Waals surface area contributed by atoms with Crippen molar-refractivity contribution in [2.75, 3.05) is 44.7 Å². The average Bonchev–Trinajstić information content (AvgIpc) is 3.24. The summed E-state index contributed by atoms with van der Waals surface area (Å²) in [6, 6.07) is 5.73. The molecule has 6 heteroatoms. The molecule has 3 N–H and O–H groups in total. The number of piperidine rings is 1. The molecular weight excluding hydrogens is 401 g/mol. The van der Waals surface area contributed by atoms with Gasteiger partial charge in [-0.15, -0.1) is 0 Å². The van der Waals surface area contributed by atoms with E-state index in [0.29, 0.717) is 11.0 Å². The lowest BCUT2D eigenvalue weighted by Gasteiger charge is -2.34. The first-order valence-corrected chi connectivity index (χ1v) is 12.0. The number of benzene rings is 1. The van der Waals surface area contributed by atoms with E-state index in [1.54, 1.807) is 6.07 Å². The molecule has 0 radical (unpaired) electrons. The van der Waals surface area contributed by atoms with Crippen LogP contribution in [0.5, 0.6) is 0 Å². The van der Waals surface area contributed by atoms with Gasteiger partial charge >= 0.3 is 0 Å². The Kier molecular flexibility index (Phi) is 6.70. The lowest BCUT2D eigenvalue weighted by molar-refractivity contribution is 0.239. The molecule has 0 bridgehead atoms. The molecule has 3 aliphatic heterocycles. The molecule has 1 atom stereocenters. The summed E-state index contributed by atoms with van der Waals surface area (Å²) in [5.41, 5.74) is 5.07. The van der Waals surface area contributed by atoms with Crippen LogP contribution in [-0.4, -0.2) is 44.8 Å². The van der Waals surface area contributed by atoms with Gasteiger partial charge in [0.05, 0.1) is 17.0 Å². The van der Waals surface area contributed by atoms with E-state index in [4.69, 9.17) is 4.98 Å². The van der Waals surface area contributed by atoms with Crippen molar-refractivity contribution in [2.45, 2.75) is 40.0 Å². The number of rotatable bonds is 3. The minimum Gasteiger partial charge on any atom is -0.375 e. The number of dihydropyridines is 1. The van der Waals surface area contributed by atoms with Crippen LogP contribution in [0.15, 0.2) is 36.2 Å². The molecule has 3 aliphatic rings. The molecule has 2 aromatic rings. The number of fused-ring (bicyclic) bond motifs is 1. The Labute approximate surface area is 191 Å². The molecule has 2 saturated heterocycles. The summed E-state index contributed by atoms with van der Waals surface area (Å²) in [7, 11) is 1.91. The van der Waals surface area contributed by atoms with Crippen LogP contribution in [0.25, 0.3) is 16.5 Å². The third-order valence-corrected chi connectivity index (χ3v) is 6.93. The summed E-state index contributed by atoms with van der Waals surface area (Å²) in [4.78, 5) is 7.38. The summed E-state index contributed by atoms with van der Waals surface area (Å²) in [6.45, 7) is 10.8. The van der Waals surface area contributed by atoms with Crippen molar-refractivity contribution < 1.29 is 4.39 Å². The normalized spacial score (nSPS) is 22.7. The smallest absolute Gasteiger partial charge is 0.126 e. The Morgan fingerprint density at radius 1 is 1.16 bits per heavy atom. The van der Waals surface area contributed by atoms with E-state index in [1.807, 2.05) is 40.0 Å². The van der Waals surface area contributed by atoms with Crippen LogP contribution < -0.4 is 20.9 Å². The van der Waals surface area contributed by atoms with Crippen LogP contribution in [0.2, 0.25) is 0 Å². The van der Waals surface area contributed by atoms with Gasteiger partial charge < -0.3 is 20.9 Å². The van der Waals surface area contributed by atoms with Gasteiger partial charge in [-0.3, -0.25) is 0 Å². The lowest BCUT2D eigenvalue weighted by atomic mass is 9.80. The van der Waals surface area contributed by atoms with E-state index < -0.39 is 0 Å². The van der Waals surface area contributed by atoms with Gasteiger partial charge in [0.15, 0.2) is 0 Å². The van der Waals surface area contributed by atoms with Crippen molar-refractivity contribution in [3.8, 4) is 0 Å². The van der Waals surface area contributed by atoms with Crippen molar-refractivity contribution in [3.63, 3.8) is 0 Å². The van der Waals surface area contributed by atoms with Gasteiger partial charge in [0.25, 0.3) is 0 Å². The zero-order chi connectivity index (χ0) is 22.7. The molecule has 1 aromatic heterocycles. The van der Waals surface area contributed by atoms with Gasteiger partial charge in [-0.05, 0) is 68.1 Å². The predicted molar refractivity (Wildman–Crippen MR) is 132 cm³/mol. The predicted octanol–water partition coefficient (Wildman–Crippen LogP) is 4.34. The molecule has 1 unspecified atom stereocenters. The second-order valence-corrected chi connectivity index (χ2v) is 8.97. The Hall–Kier alpha value is -2.60. The van der Waals surface area contributed by atoms with E-state index in [9.17, 15) is 4.39 Å². The number of nitrogens with one attached hydrogen (secondary N) is 3. The van der Waals surface area contributed by atoms with Crippen molar-refractivity contribution >= 4 is 22.2 Å². The molecular formula is C26H36FN5. The number of aryl methyl sites for hydroxylation is 1. The summed E-state index contributed by atoms with van der Waals surface area (Å²) >= 11 is 0. The highest BCUT2D eigenvalue weighted by Crippen LogP contribution is 2.41. The van der Waals surface area contributed by atoms with E-state index in [0.717, 1.165) is 66.4 Å². The Morgan fingerprint density at radius 3 is 2.69 bits per heavy atom. The van der Waals surface area contributed by atoms with Gasteiger partial charge in [0, 0.05) is 49.7 Å². The molecule has 32 heavy (non-hydrogen) atoms. The van der Waals surface area contributed by atoms with Gasteiger partial charge in [0.2, 0.25) is 0 Å². The number of halogens is 1. The van der Waals surface area contributed by atoms with E-state index in [1.165, 1.54) is 19.3 Å². The van der Waals surface area contributed by atoms with Crippen molar-refractivity contribution in [2.24, 2.45) is 5.41 Å². The number of allylic oxidation sites excluding steroid dienone is 2. The highest BCUT2D eigenvalue weighted by molar-refractivity contribution is 5.94. The molecule has 0 aliphatic carbocycles. The fourth-order valence-electron chi connectivity index (χ4n) is 5.12. The third kappa shape index (κ3) is 4.33. The van der Waals surface area contributed by atoms with Crippen LogP contribution in [0.3, 0.4) is 0 Å². The summed E-state index contributed by atoms with van der Waals surface area (Å²) in [5, 5.41) is 11.0. The fraction of sp³-hybridized carbons (Fsp3) is 0.500. The first kappa shape index (κ1) is 22.6. The summed E-state index contributed by atoms with van der Waals surface area (Å²) in [6.07, 6.45) is 7.85. The van der Waals surface area contributed by atoms with Crippen molar-refractivity contribution in [1.29, 1.82) is 0 Å². The summed E-state index contributed by atoms with van der Waals surface area (Å²) < 4.78 is 14.5. The summed E-state index contributed by atoms with van der Waals surface area (Å²) in [5.74, 6) is 0.843. The zero-order valence-corrected chi connectivity index (χ0v) is 19.8.